The van der Waals surface area contributed by atoms with Crippen molar-refractivity contribution in [2.45, 2.75) is 6.61 Å². The number of nitrogens with zero attached hydrogens (tertiary/aromatic N) is 2. The van der Waals surface area contributed by atoms with Gasteiger partial charge in [0.15, 0.2) is 0 Å². The van der Waals surface area contributed by atoms with Gasteiger partial charge in [-0.1, -0.05) is 22.0 Å². The molecule has 0 aliphatic heterocycles. The first-order chi connectivity index (χ1) is 9.22. The molecule has 1 aromatic carbocycles. The smallest absolute Gasteiger partial charge is 0.137 e. The maximum Gasteiger partial charge on any atom is 0.137 e. The van der Waals surface area contributed by atoms with Gasteiger partial charge in [0.25, 0.3) is 0 Å². The van der Waals surface area contributed by atoms with Crippen LogP contribution >= 0.6 is 15.9 Å². The Hall–Kier alpha value is -2.01. The third-order valence-corrected chi connectivity index (χ3v) is 3.28. The quantitative estimate of drug-likeness (QED) is 0.806. The van der Waals surface area contributed by atoms with Gasteiger partial charge in [-0.15, -0.1) is 0 Å². The maximum absolute atomic E-state index is 5.78. The molecule has 0 aliphatic carbocycles. The number of hydrogen-bond acceptors (Lipinski definition) is 3. The van der Waals surface area contributed by atoms with Gasteiger partial charge < -0.3 is 10.5 Å². The Kier molecular flexibility index (Phi) is 3.13. The molecule has 19 heavy (non-hydrogen) atoms. The van der Waals surface area contributed by atoms with Gasteiger partial charge in [-0.25, -0.2) is 4.98 Å². The molecular formula is C14H12BrN3O. The van der Waals surface area contributed by atoms with Gasteiger partial charge in [-0.2, -0.15) is 0 Å². The fourth-order valence-corrected chi connectivity index (χ4v) is 2.25. The molecule has 2 heterocycles. The standard InChI is InChI=1S/C14H12BrN3O/c15-10-2-1-3-13(6-10)19-9-12-7-17-14-5-4-11(16)8-18(12)14/h1-8H,9,16H2. The number of aromatic nitrogens is 2. The zero-order valence-electron chi connectivity index (χ0n) is 10.1. The second-order valence-corrected chi connectivity index (χ2v) is 5.10. The summed E-state index contributed by atoms with van der Waals surface area (Å²) in [6.45, 7) is 0.446. The zero-order valence-corrected chi connectivity index (χ0v) is 11.7. The van der Waals surface area contributed by atoms with Crippen molar-refractivity contribution in [1.29, 1.82) is 0 Å². The van der Waals surface area contributed by atoms with E-state index in [0.29, 0.717) is 12.3 Å². The van der Waals surface area contributed by atoms with Gasteiger partial charge in [0, 0.05) is 16.4 Å². The molecule has 0 amide bonds. The summed E-state index contributed by atoms with van der Waals surface area (Å²) < 4.78 is 8.68. The van der Waals surface area contributed by atoms with Gasteiger partial charge in [0.2, 0.25) is 0 Å². The van der Waals surface area contributed by atoms with Crippen LogP contribution in [0.15, 0.2) is 53.3 Å². The van der Waals surface area contributed by atoms with Crippen molar-refractivity contribution in [2.75, 3.05) is 5.73 Å². The molecule has 0 unspecified atom stereocenters. The fraction of sp³-hybridized carbons (Fsp3) is 0.0714. The molecule has 3 aromatic rings. The zero-order chi connectivity index (χ0) is 13.2. The van der Waals surface area contributed by atoms with Crippen LogP contribution in [-0.2, 0) is 6.61 Å². The van der Waals surface area contributed by atoms with E-state index in [4.69, 9.17) is 10.5 Å². The third-order valence-electron chi connectivity index (χ3n) is 2.79. The Morgan fingerprint density at radius 2 is 2.16 bits per heavy atom. The summed E-state index contributed by atoms with van der Waals surface area (Å²) in [5.74, 6) is 0.813. The third kappa shape index (κ3) is 2.56. The molecule has 0 bridgehead atoms. The SMILES string of the molecule is Nc1ccc2ncc(COc3cccc(Br)c3)n2c1. The lowest BCUT2D eigenvalue weighted by Crippen LogP contribution is -2.00. The van der Waals surface area contributed by atoms with Crippen LogP contribution in [0.5, 0.6) is 5.75 Å². The number of benzene rings is 1. The summed E-state index contributed by atoms with van der Waals surface area (Å²) >= 11 is 3.42. The number of nitrogens with two attached hydrogens (primary N) is 1. The minimum atomic E-state index is 0.446. The van der Waals surface area contributed by atoms with Crippen molar-refractivity contribution in [3.05, 3.63) is 59.0 Å². The van der Waals surface area contributed by atoms with Gasteiger partial charge in [0.05, 0.1) is 11.9 Å². The predicted molar refractivity (Wildman–Crippen MR) is 78.1 cm³/mol. The summed E-state index contributed by atoms with van der Waals surface area (Å²) in [5, 5.41) is 0. The van der Waals surface area contributed by atoms with Crippen molar-refractivity contribution in [1.82, 2.24) is 9.38 Å². The summed E-state index contributed by atoms with van der Waals surface area (Å²) in [5.41, 5.74) is 8.31. The largest absolute Gasteiger partial charge is 0.487 e. The van der Waals surface area contributed by atoms with Crippen molar-refractivity contribution < 1.29 is 4.74 Å². The average molecular weight is 318 g/mol. The molecule has 0 aliphatic rings. The Morgan fingerprint density at radius 3 is 3.00 bits per heavy atom. The van der Waals surface area contributed by atoms with E-state index in [1.54, 1.807) is 6.20 Å². The van der Waals surface area contributed by atoms with Gasteiger partial charge in [0.1, 0.15) is 18.0 Å². The Bertz CT molecular complexity index is 724. The molecule has 96 valence electrons. The lowest BCUT2D eigenvalue weighted by Gasteiger charge is -2.06. The average Bonchev–Trinajstić information content (AvgIpc) is 2.79. The molecule has 0 saturated carbocycles. The first-order valence-electron chi connectivity index (χ1n) is 5.82. The minimum absolute atomic E-state index is 0.446. The second kappa shape index (κ2) is 4.93. The van der Waals surface area contributed by atoms with Gasteiger partial charge in [-0.05, 0) is 30.3 Å². The molecule has 2 aromatic heterocycles. The first-order valence-corrected chi connectivity index (χ1v) is 6.61. The molecule has 0 fully saturated rings. The van der Waals surface area contributed by atoms with E-state index in [0.717, 1.165) is 21.6 Å². The van der Waals surface area contributed by atoms with Crippen LogP contribution in [0.3, 0.4) is 0 Å². The molecule has 0 saturated heterocycles. The highest BCUT2D eigenvalue weighted by Crippen LogP contribution is 2.19. The van der Waals surface area contributed by atoms with Crippen LogP contribution in [0.4, 0.5) is 5.69 Å². The van der Waals surface area contributed by atoms with Crippen molar-refractivity contribution in [3.63, 3.8) is 0 Å². The van der Waals surface area contributed by atoms with Crippen LogP contribution in [0.1, 0.15) is 5.69 Å². The fourth-order valence-electron chi connectivity index (χ4n) is 1.87. The highest BCUT2D eigenvalue weighted by Gasteiger charge is 2.04. The van der Waals surface area contributed by atoms with Crippen LogP contribution in [0.2, 0.25) is 0 Å². The van der Waals surface area contributed by atoms with E-state index >= 15 is 0 Å². The molecule has 3 rings (SSSR count). The number of anilines is 1. The van der Waals surface area contributed by atoms with E-state index in [-0.39, 0.29) is 0 Å². The van der Waals surface area contributed by atoms with Crippen molar-refractivity contribution in [2.24, 2.45) is 0 Å². The predicted octanol–water partition coefficient (Wildman–Crippen LogP) is 3.26. The van der Waals surface area contributed by atoms with E-state index in [2.05, 4.69) is 20.9 Å². The monoisotopic (exact) mass is 317 g/mol. The lowest BCUT2D eigenvalue weighted by atomic mass is 10.3. The number of halogens is 1. The highest BCUT2D eigenvalue weighted by molar-refractivity contribution is 9.10. The lowest BCUT2D eigenvalue weighted by molar-refractivity contribution is 0.300. The number of imidazole rings is 1. The van der Waals surface area contributed by atoms with Crippen molar-refractivity contribution in [3.8, 4) is 5.75 Å². The molecule has 5 heteroatoms. The summed E-state index contributed by atoms with van der Waals surface area (Å²) in [4.78, 5) is 4.31. The molecule has 2 N–H and O–H groups in total. The molecular weight excluding hydrogens is 306 g/mol. The van der Waals surface area contributed by atoms with E-state index in [1.165, 1.54) is 0 Å². The number of fused-ring (bicyclic) bond motifs is 1. The number of ether oxygens (including phenoxy) is 1. The summed E-state index contributed by atoms with van der Waals surface area (Å²) in [6, 6.07) is 11.5. The molecule has 4 nitrogen and oxygen atoms in total. The van der Waals surface area contributed by atoms with Crippen LogP contribution in [-0.4, -0.2) is 9.38 Å². The van der Waals surface area contributed by atoms with Gasteiger partial charge >= 0.3 is 0 Å². The molecule has 0 radical (unpaired) electrons. The summed E-state index contributed by atoms with van der Waals surface area (Å²) in [7, 11) is 0. The molecule has 0 spiro atoms. The van der Waals surface area contributed by atoms with E-state index in [9.17, 15) is 0 Å². The Balaban J connectivity index is 1.84. The first kappa shape index (κ1) is 12.0. The van der Waals surface area contributed by atoms with Crippen molar-refractivity contribution >= 4 is 27.3 Å². The Morgan fingerprint density at radius 1 is 1.26 bits per heavy atom. The Labute approximate surface area is 119 Å². The second-order valence-electron chi connectivity index (χ2n) is 4.19. The number of rotatable bonds is 3. The van der Waals surface area contributed by atoms with Crippen LogP contribution in [0.25, 0.3) is 5.65 Å². The van der Waals surface area contributed by atoms with Crippen LogP contribution < -0.4 is 10.5 Å². The molecule has 0 atom stereocenters. The maximum atomic E-state index is 5.78. The van der Waals surface area contributed by atoms with Crippen LogP contribution in [0, 0.1) is 0 Å². The number of nitrogen functional groups attached to an aromatic ring is 1. The van der Waals surface area contributed by atoms with E-state index in [1.807, 2.05) is 47.0 Å². The topological polar surface area (TPSA) is 52.5 Å². The number of pyridine rings is 1. The summed E-state index contributed by atoms with van der Waals surface area (Å²) in [6.07, 6.45) is 3.65. The normalized spacial score (nSPS) is 10.8. The van der Waals surface area contributed by atoms with Gasteiger partial charge in [-0.3, -0.25) is 4.40 Å². The minimum Gasteiger partial charge on any atom is -0.487 e. The number of hydrogen-bond donors (Lipinski definition) is 1. The highest BCUT2D eigenvalue weighted by atomic mass is 79.9. The van der Waals surface area contributed by atoms with E-state index < -0.39 is 0 Å².